The fourth-order valence-corrected chi connectivity index (χ4v) is 1.36. The molecule has 0 bridgehead atoms. The lowest BCUT2D eigenvalue weighted by Gasteiger charge is -2.10. The lowest BCUT2D eigenvalue weighted by molar-refractivity contribution is -0.379. The molecule has 0 unspecified atom stereocenters. The van der Waals surface area contributed by atoms with Gasteiger partial charge in [-0.25, -0.2) is 0 Å². The summed E-state index contributed by atoms with van der Waals surface area (Å²) in [7, 11) is 0. The normalized spacial score (nSPS) is 21.3. The lowest BCUT2D eigenvalue weighted by atomic mass is 10.2. The second-order valence-corrected chi connectivity index (χ2v) is 3.28. The van der Waals surface area contributed by atoms with Crippen molar-refractivity contribution in [3.8, 4) is 0 Å². The van der Waals surface area contributed by atoms with Crippen molar-refractivity contribution in [3.63, 3.8) is 0 Å². The summed E-state index contributed by atoms with van der Waals surface area (Å²) in [6.45, 7) is 1.82. The Kier molecular flexibility index (Phi) is 2.05. The van der Waals surface area contributed by atoms with Gasteiger partial charge in [0.05, 0.1) is 5.69 Å². The van der Waals surface area contributed by atoms with Gasteiger partial charge >= 0.3 is 5.91 Å². The number of carbonyl (C=O) groups is 1. The number of benzene rings is 1. The fraction of sp³-hybridized carbons (Fsp3) is 0.200. The number of carbonyl (C=O) groups excluding carboxylic acids is 1. The van der Waals surface area contributed by atoms with Crippen molar-refractivity contribution < 1.29 is 10.5 Å². The van der Waals surface area contributed by atoms with E-state index in [1.54, 1.807) is 0 Å². The molecule has 0 saturated heterocycles. The molecule has 4 nitrogen and oxygen atoms in total. The summed E-state index contributed by atoms with van der Waals surface area (Å²) >= 11 is 0. The second kappa shape index (κ2) is 3.23. The molecule has 1 atom stereocenters. The van der Waals surface area contributed by atoms with Gasteiger partial charge in [0.2, 0.25) is 6.04 Å². The summed E-state index contributed by atoms with van der Waals surface area (Å²) < 4.78 is 0. The molecule has 0 spiro atoms. The van der Waals surface area contributed by atoms with Crippen molar-refractivity contribution in [1.82, 2.24) is 0 Å². The Morgan fingerprint density at radius 1 is 1.36 bits per heavy atom. The van der Waals surface area contributed by atoms with Crippen LogP contribution >= 0.6 is 0 Å². The van der Waals surface area contributed by atoms with Crippen molar-refractivity contribution in [2.75, 3.05) is 5.01 Å². The predicted molar refractivity (Wildman–Crippen MR) is 53.7 cm³/mol. The van der Waals surface area contributed by atoms with Crippen LogP contribution in [0.2, 0.25) is 0 Å². The van der Waals surface area contributed by atoms with Crippen LogP contribution in [0.1, 0.15) is 6.92 Å². The van der Waals surface area contributed by atoms with Crippen LogP contribution in [0.3, 0.4) is 0 Å². The first-order valence-electron chi connectivity index (χ1n) is 4.47. The molecule has 3 N–H and O–H groups in total. The minimum Gasteiger partial charge on any atom is -0.342 e. The summed E-state index contributed by atoms with van der Waals surface area (Å²) in [6.07, 6.45) is 0. The van der Waals surface area contributed by atoms with E-state index in [0.29, 0.717) is 0 Å². The van der Waals surface area contributed by atoms with Gasteiger partial charge in [-0.05, 0) is 19.1 Å². The molecule has 0 aliphatic carbocycles. The Bertz CT molecular complexity index is 386. The van der Waals surface area contributed by atoms with E-state index in [1.807, 2.05) is 37.3 Å². The smallest absolute Gasteiger partial charge is 0.311 e. The lowest BCUT2D eigenvalue weighted by Crippen LogP contribution is -2.67. The molecule has 1 aliphatic heterocycles. The average Bonchev–Trinajstić information content (AvgIpc) is 2.47. The number of quaternary nitrogens is 1. The van der Waals surface area contributed by atoms with E-state index in [0.717, 1.165) is 11.4 Å². The number of anilines is 1. The number of amides is 1. The third-order valence-electron chi connectivity index (χ3n) is 2.27. The van der Waals surface area contributed by atoms with Gasteiger partial charge in [-0.2, -0.15) is 10.1 Å². The van der Waals surface area contributed by atoms with Crippen molar-refractivity contribution in [2.24, 2.45) is 5.10 Å². The van der Waals surface area contributed by atoms with Crippen molar-refractivity contribution in [2.45, 2.75) is 13.0 Å². The summed E-state index contributed by atoms with van der Waals surface area (Å²) in [5, 5.41) is 5.57. The number of hydrogen-bond donors (Lipinski definition) is 1. The summed E-state index contributed by atoms with van der Waals surface area (Å²) in [4.78, 5) is 11.7. The Balaban J connectivity index is 2.35. The van der Waals surface area contributed by atoms with Gasteiger partial charge in [-0.3, -0.25) is 4.79 Å². The van der Waals surface area contributed by atoms with E-state index in [1.165, 1.54) is 5.01 Å². The SMILES string of the molecule is CC1=NN(c2ccccc2)C(=O)[C@H]1[NH3+]. The van der Waals surface area contributed by atoms with E-state index in [-0.39, 0.29) is 11.9 Å². The molecular formula is C10H12N3O+. The van der Waals surface area contributed by atoms with Crippen LogP contribution in [0.4, 0.5) is 5.69 Å². The standard InChI is InChI=1S/C10H11N3O/c1-7-9(11)10(14)13(12-7)8-5-3-2-4-6-8/h2-6,9H,11H2,1H3/p+1/t9-/m0/s1. The van der Waals surface area contributed by atoms with Crippen LogP contribution in [0.25, 0.3) is 0 Å². The summed E-state index contributed by atoms with van der Waals surface area (Å²) in [6, 6.07) is 9.03. The molecule has 4 heteroatoms. The van der Waals surface area contributed by atoms with Crippen molar-refractivity contribution in [1.29, 1.82) is 0 Å². The van der Waals surface area contributed by atoms with Crippen LogP contribution in [0.15, 0.2) is 35.4 Å². The number of para-hydroxylation sites is 1. The van der Waals surface area contributed by atoms with Gasteiger partial charge in [0, 0.05) is 0 Å². The van der Waals surface area contributed by atoms with Crippen LogP contribution in [0, 0.1) is 0 Å². The monoisotopic (exact) mass is 190 g/mol. The molecular weight excluding hydrogens is 178 g/mol. The molecule has 2 rings (SSSR count). The molecule has 1 aromatic rings. The molecule has 0 radical (unpaired) electrons. The van der Waals surface area contributed by atoms with E-state index in [2.05, 4.69) is 10.8 Å². The molecule has 0 fully saturated rings. The Labute approximate surface area is 82.0 Å². The molecule has 1 aliphatic rings. The van der Waals surface area contributed by atoms with Gasteiger partial charge in [-0.1, -0.05) is 18.2 Å². The third-order valence-corrected chi connectivity index (χ3v) is 2.27. The number of rotatable bonds is 1. The first kappa shape index (κ1) is 8.90. The summed E-state index contributed by atoms with van der Waals surface area (Å²) in [5.74, 6) is -0.0614. The van der Waals surface area contributed by atoms with Crippen LogP contribution in [-0.2, 0) is 4.79 Å². The van der Waals surface area contributed by atoms with Gasteiger partial charge in [-0.15, -0.1) is 0 Å². The predicted octanol–water partition coefficient (Wildman–Crippen LogP) is 0.0196. The highest BCUT2D eigenvalue weighted by molar-refractivity contribution is 6.16. The first-order valence-corrected chi connectivity index (χ1v) is 4.47. The zero-order valence-corrected chi connectivity index (χ0v) is 7.97. The zero-order chi connectivity index (χ0) is 10.1. The maximum absolute atomic E-state index is 11.7. The molecule has 1 heterocycles. The molecule has 0 aromatic heterocycles. The highest BCUT2D eigenvalue weighted by atomic mass is 16.2. The Morgan fingerprint density at radius 3 is 2.50 bits per heavy atom. The minimum absolute atomic E-state index is 0.0614. The molecule has 72 valence electrons. The number of nitrogens with zero attached hydrogens (tertiary/aromatic N) is 2. The maximum atomic E-state index is 11.7. The maximum Gasteiger partial charge on any atom is 0.311 e. The van der Waals surface area contributed by atoms with Gasteiger partial charge in [0.25, 0.3) is 0 Å². The van der Waals surface area contributed by atoms with Gasteiger partial charge < -0.3 is 5.73 Å². The van der Waals surface area contributed by atoms with Crippen molar-refractivity contribution in [3.05, 3.63) is 30.3 Å². The quantitative estimate of drug-likeness (QED) is 0.666. The van der Waals surface area contributed by atoms with E-state index >= 15 is 0 Å². The average molecular weight is 190 g/mol. The van der Waals surface area contributed by atoms with Gasteiger partial charge in [0.15, 0.2) is 0 Å². The summed E-state index contributed by atoms with van der Waals surface area (Å²) in [5.41, 5.74) is 5.31. The third kappa shape index (κ3) is 1.29. The zero-order valence-electron chi connectivity index (χ0n) is 7.97. The topological polar surface area (TPSA) is 60.3 Å². The van der Waals surface area contributed by atoms with E-state index < -0.39 is 0 Å². The van der Waals surface area contributed by atoms with Gasteiger partial charge in [0.1, 0.15) is 5.71 Å². The highest BCUT2D eigenvalue weighted by Crippen LogP contribution is 2.18. The number of hydrazone groups is 1. The Morgan fingerprint density at radius 2 is 2.00 bits per heavy atom. The molecule has 1 aromatic carbocycles. The number of hydrogen-bond acceptors (Lipinski definition) is 2. The molecule has 0 saturated carbocycles. The minimum atomic E-state index is -0.338. The largest absolute Gasteiger partial charge is 0.342 e. The Hall–Kier alpha value is -1.68. The van der Waals surface area contributed by atoms with Crippen LogP contribution < -0.4 is 10.7 Å². The second-order valence-electron chi connectivity index (χ2n) is 3.28. The molecule has 1 amide bonds. The molecule has 14 heavy (non-hydrogen) atoms. The fourth-order valence-electron chi connectivity index (χ4n) is 1.36. The van der Waals surface area contributed by atoms with E-state index in [9.17, 15) is 4.79 Å². The van der Waals surface area contributed by atoms with Crippen molar-refractivity contribution >= 4 is 17.3 Å². The van der Waals surface area contributed by atoms with Crippen LogP contribution in [-0.4, -0.2) is 17.7 Å². The highest BCUT2D eigenvalue weighted by Gasteiger charge is 2.34. The van der Waals surface area contributed by atoms with Crippen LogP contribution in [0.5, 0.6) is 0 Å². The first-order chi connectivity index (χ1) is 6.70. The van der Waals surface area contributed by atoms with E-state index in [4.69, 9.17) is 0 Å².